The molecule has 1 aliphatic heterocycles. The van der Waals surface area contributed by atoms with E-state index in [4.69, 9.17) is 0 Å². The van der Waals surface area contributed by atoms with Crippen LogP contribution in [0.25, 0.3) is 0 Å². The third kappa shape index (κ3) is 2.02. The van der Waals surface area contributed by atoms with Crippen molar-refractivity contribution in [2.75, 3.05) is 18.0 Å². The van der Waals surface area contributed by atoms with E-state index in [9.17, 15) is 9.90 Å². The van der Waals surface area contributed by atoms with Gasteiger partial charge in [-0.15, -0.1) is 0 Å². The average molecular weight is 205 g/mol. The van der Waals surface area contributed by atoms with Crippen LogP contribution >= 0.6 is 0 Å². The predicted molar refractivity (Wildman–Crippen MR) is 59.4 cm³/mol. The molecule has 15 heavy (non-hydrogen) atoms. The minimum atomic E-state index is -0.259. The molecule has 1 aromatic carbocycles. The van der Waals surface area contributed by atoms with E-state index in [0.717, 1.165) is 30.5 Å². The lowest BCUT2D eigenvalue weighted by atomic mass is 10.1. The largest absolute Gasteiger partial charge is 0.391 e. The van der Waals surface area contributed by atoms with Crippen molar-refractivity contribution in [3.63, 3.8) is 0 Å². The number of rotatable bonds is 2. The fourth-order valence-corrected chi connectivity index (χ4v) is 2.02. The number of nitrogens with zero attached hydrogens (tertiary/aromatic N) is 1. The Morgan fingerprint density at radius 1 is 1.53 bits per heavy atom. The van der Waals surface area contributed by atoms with Gasteiger partial charge in [0.1, 0.15) is 0 Å². The van der Waals surface area contributed by atoms with Crippen LogP contribution in [0.15, 0.2) is 18.2 Å². The second-order valence-electron chi connectivity index (χ2n) is 4.07. The second kappa shape index (κ2) is 4.03. The standard InChI is InChI=1S/C12H15NO2/c1-9-2-3-12(10(6-9)8-14)13-5-4-11(15)7-13/h2-3,6,8,11,15H,4-5,7H2,1H3. The lowest BCUT2D eigenvalue weighted by Gasteiger charge is -2.19. The van der Waals surface area contributed by atoms with Gasteiger partial charge in [0, 0.05) is 24.3 Å². The van der Waals surface area contributed by atoms with Gasteiger partial charge in [-0.25, -0.2) is 0 Å². The molecule has 1 saturated heterocycles. The maximum absolute atomic E-state index is 10.9. The summed E-state index contributed by atoms with van der Waals surface area (Å²) in [5, 5.41) is 9.45. The molecular formula is C12H15NO2. The summed E-state index contributed by atoms with van der Waals surface area (Å²) in [5.74, 6) is 0. The normalized spacial score (nSPS) is 20.7. The Bertz CT molecular complexity index is 376. The van der Waals surface area contributed by atoms with Gasteiger partial charge in [-0.2, -0.15) is 0 Å². The van der Waals surface area contributed by atoms with Crippen LogP contribution in [0.3, 0.4) is 0 Å². The maximum atomic E-state index is 10.9. The van der Waals surface area contributed by atoms with E-state index < -0.39 is 0 Å². The summed E-state index contributed by atoms with van der Waals surface area (Å²) in [4.78, 5) is 13.0. The van der Waals surface area contributed by atoms with E-state index in [1.807, 2.05) is 25.1 Å². The third-order valence-electron chi connectivity index (χ3n) is 2.81. The van der Waals surface area contributed by atoms with Gasteiger partial charge in [0.15, 0.2) is 6.29 Å². The quantitative estimate of drug-likeness (QED) is 0.741. The van der Waals surface area contributed by atoms with Gasteiger partial charge >= 0.3 is 0 Å². The van der Waals surface area contributed by atoms with E-state index in [1.165, 1.54) is 0 Å². The molecule has 0 radical (unpaired) electrons. The smallest absolute Gasteiger partial charge is 0.152 e. The van der Waals surface area contributed by atoms with Crippen molar-refractivity contribution in [2.24, 2.45) is 0 Å². The van der Waals surface area contributed by atoms with E-state index >= 15 is 0 Å². The summed E-state index contributed by atoms with van der Waals surface area (Å²) < 4.78 is 0. The first-order chi connectivity index (χ1) is 7.20. The Morgan fingerprint density at radius 3 is 2.93 bits per heavy atom. The summed E-state index contributed by atoms with van der Waals surface area (Å²) in [7, 11) is 0. The fraction of sp³-hybridized carbons (Fsp3) is 0.417. The zero-order chi connectivity index (χ0) is 10.8. The first-order valence-corrected chi connectivity index (χ1v) is 5.19. The Hall–Kier alpha value is -1.35. The van der Waals surface area contributed by atoms with Crippen LogP contribution < -0.4 is 4.90 Å². The van der Waals surface area contributed by atoms with Gasteiger partial charge < -0.3 is 10.0 Å². The van der Waals surface area contributed by atoms with Crippen LogP contribution in [0.5, 0.6) is 0 Å². The highest BCUT2D eigenvalue weighted by atomic mass is 16.3. The van der Waals surface area contributed by atoms with Crippen molar-refractivity contribution < 1.29 is 9.90 Å². The van der Waals surface area contributed by atoms with Crippen molar-refractivity contribution in [2.45, 2.75) is 19.4 Å². The number of aryl methyl sites for hydroxylation is 1. The van der Waals surface area contributed by atoms with E-state index in [1.54, 1.807) is 0 Å². The summed E-state index contributed by atoms with van der Waals surface area (Å²) >= 11 is 0. The highest BCUT2D eigenvalue weighted by Crippen LogP contribution is 2.24. The molecule has 0 spiro atoms. The number of aldehydes is 1. The maximum Gasteiger partial charge on any atom is 0.152 e. The van der Waals surface area contributed by atoms with E-state index in [2.05, 4.69) is 4.90 Å². The monoisotopic (exact) mass is 205 g/mol. The average Bonchev–Trinajstić information content (AvgIpc) is 2.64. The Labute approximate surface area is 89.3 Å². The van der Waals surface area contributed by atoms with Crippen molar-refractivity contribution in [1.82, 2.24) is 0 Å². The molecule has 1 aliphatic rings. The molecule has 1 N–H and O–H groups in total. The number of hydrogen-bond acceptors (Lipinski definition) is 3. The van der Waals surface area contributed by atoms with Gasteiger partial charge in [0.25, 0.3) is 0 Å². The number of hydrogen-bond donors (Lipinski definition) is 1. The van der Waals surface area contributed by atoms with Gasteiger partial charge in [-0.05, 0) is 25.5 Å². The number of anilines is 1. The number of carbonyl (C=O) groups excluding carboxylic acids is 1. The molecule has 1 unspecified atom stereocenters. The van der Waals surface area contributed by atoms with Crippen LogP contribution in [-0.4, -0.2) is 30.6 Å². The molecule has 0 aliphatic carbocycles. The number of benzene rings is 1. The number of β-amino-alcohol motifs (C(OH)–C–C–N with tert-alkyl or cyclic N) is 1. The highest BCUT2D eigenvalue weighted by molar-refractivity contribution is 5.85. The topological polar surface area (TPSA) is 40.5 Å². The van der Waals surface area contributed by atoms with E-state index in [0.29, 0.717) is 12.1 Å². The fourth-order valence-electron chi connectivity index (χ4n) is 2.02. The molecule has 2 rings (SSSR count). The first kappa shape index (κ1) is 10.2. The molecule has 1 heterocycles. The first-order valence-electron chi connectivity index (χ1n) is 5.19. The van der Waals surface area contributed by atoms with Gasteiger partial charge in [0.05, 0.1) is 6.10 Å². The molecular weight excluding hydrogens is 190 g/mol. The minimum absolute atomic E-state index is 0.259. The van der Waals surface area contributed by atoms with Crippen molar-refractivity contribution in [1.29, 1.82) is 0 Å². The Kier molecular flexibility index (Phi) is 2.73. The molecule has 0 saturated carbocycles. The summed E-state index contributed by atoms with van der Waals surface area (Å²) in [5.41, 5.74) is 2.73. The summed E-state index contributed by atoms with van der Waals surface area (Å²) in [6.07, 6.45) is 1.41. The molecule has 3 nitrogen and oxygen atoms in total. The third-order valence-corrected chi connectivity index (χ3v) is 2.81. The van der Waals surface area contributed by atoms with Crippen LogP contribution in [0, 0.1) is 6.92 Å². The molecule has 0 amide bonds. The van der Waals surface area contributed by atoms with Gasteiger partial charge in [-0.3, -0.25) is 4.79 Å². The Balaban J connectivity index is 2.31. The molecule has 1 aromatic rings. The molecule has 0 aromatic heterocycles. The summed E-state index contributed by atoms with van der Waals surface area (Å²) in [6, 6.07) is 5.83. The van der Waals surface area contributed by atoms with Crippen molar-refractivity contribution in [3.05, 3.63) is 29.3 Å². The van der Waals surface area contributed by atoms with E-state index in [-0.39, 0.29) is 6.10 Å². The highest BCUT2D eigenvalue weighted by Gasteiger charge is 2.21. The van der Waals surface area contributed by atoms with Crippen molar-refractivity contribution >= 4 is 12.0 Å². The molecule has 1 atom stereocenters. The van der Waals surface area contributed by atoms with Gasteiger partial charge in [0.2, 0.25) is 0 Å². The van der Waals surface area contributed by atoms with Crippen LogP contribution in [0.1, 0.15) is 22.3 Å². The zero-order valence-corrected chi connectivity index (χ0v) is 8.81. The predicted octanol–water partition coefficient (Wildman–Crippen LogP) is 1.38. The number of carbonyl (C=O) groups is 1. The second-order valence-corrected chi connectivity index (χ2v) is 4.07. The van der Waals surface area contributed by atoms with Gasteiger partial charge in [-0.1, -0.05) is 11.6 Å². The van der Waals surface area contributed by atoms with Crippen LogP contribution in [0.4, 0.5) is 5.69 Å². The Morgan fingerprint density at radius 2 is 2.33 bits per heavy atom. The molecule has 0 bridgehead atoms. The van der Waals surface area contributed by atoms with Crippen LogP contribution in [0.2, 0.25) is 0 Å². The SMILES string of the molecule is Cc1ccc(N2CCC(O)C2)c(C=O)c1. The number of aliphatic hydroxyl groups excluding tert-OH is 1. The van der Waals surface area contributed by atoms with Crippen molar-refractivity contribution in [3.8, 4) is 0 Å². The molecule has 3 heteroatoms. The zero-order valence-electron chi connectivity index (χ0n) is 8.81. The lowest BCUT2D eigenvalue weighted by molar-refractivity contribution is 0.112. The number of aliphatic hydroxyl groups is 1. The molecule has 80 valence electrons. The van der Waals surface area contributed by atoms with Crippen LogP contribution in [-0.2, 0) is 0 Å². The summed E-state index contributed by atoms with van der Waals surface area (Å²) in [6.45, 7) is 3.42. The lowest BCUT2D eigenvalue weighted by Crippen LogP contribution is -2.22. The minimum Gasteiger partial charge on any atom is -0.391 e. The molecule has 1 fully saturated rings.